The van der Waals surface area contributed by atoms with Gasteiger partial charge in [0.05, 0.1) is 9.64 Å². The van der Waals surface area contributed by atoms with Crippen LogP contribution in [0.25, 0.3) is 0 Å². The Hall–Kier alpha value is -1.03. The summed E-state index contributed by atoms with van der Waals surface area (Å²) in [4.78, 5) is 0.0179. The van der Waals surface area contributed by atoms with E-state index in [1.165, 1.54) is 20.7 Å². The molecular formula is C14H19FN2O4S2. The van der Waals surface area contributed by atoms with E-state index in [-0.39, 0.29) is 31.1 Å². The van der Waals surface area contributed by atoms with E-state index in [4.69, 9.17) is 0 Å². The molecule has 128 valence electrons. The zero-order valence-corrected chi connectivity index (χ0v) is 14.4. The molecule has 1 saturated carbocycles. The zero-order chi connectivity index (χ0) is 16.9. The summed E-state index contributed by atoms with van der Waals surface area (Å²) >= 11 is 0. The number of hydrogen-bond acceptors (Lipinski definition) is 4. The minimum absolute atomic E-state index is 0.0179. The van der Waals surface area contributed by atoms with Crippen LogP contribution in [-0.4, -0.2) is 56.4 Å². The number of nitrogens with zero attached hydrogens (tertiary/aromatic N) is 2. The number of benzene rings is 1. The van der Waals surface area contributed by atoms with Gasteiger partial charge in [-0.3, -0.25) is 0 Å². The standard InChI is InChI=1S/C14H19FN2O4S2/c1-14(6-7-14)23(20,21)17-10-8-16(9-11-17)22(18,19)13-4-2-12(15)3-5-13/h2-5H,6-11H2,1H3. The van der Waals surface area contributed by atoms with Gasteiger partial charge in [0.2, 0.25) is 20.0 Å². The minimum atomic E-state index is -3.72. The molecule has 0 radical (unpaired) electrons. The highest BCUT2D eigenvalue weighted by molar-refractivity contribution is 7.91. The molecule has 1 aromatic rings. The van der Waals surface area contributed by atoms with E-state index in [9.17, 15) is 21.2 Å². The van der Waals surface area contributed by atoms with Crippen molar-refractivity contribution in [3.63, 3.8) is 0 Å². The van der Waals surface area contributed by atoms with Crippen LogP contribution in [-0.2, 0) is 20.0 Å². The second kappa shape index (κ2) is 5.51. The minimum Gasteiger partial charge on any atom is -0.212 e. The molecule has 1 saturated heterocycles. The van der Waals surface area contributed by atoms with E-state index in [1.54, 1.807) is 6.92 Å². The van der Waals surface area contributed by atoms with E-state index >= 15 is 0 Å². The van der Waals surface area contributed by atoms with Crippen molar-refractivity contribution in [3.05, 3.63) is 30.1 Å². The fourth-order valence-corrected chi connectivity index (χ4v) is 5.96. The van der Waals surface area contributed by atoms with Gasteiger partial charge in [-0.25, -0.2) is 21.2 Å². The summed E-state index contributed by atoms with van der Waals surface area (Å²) in [6, 6.07) is 4.64. The van der Waals surface area contributed by atoms with Crippen LogP contribution in [0.4, 0.5) is 4.39 Å². The second-order valence-corrected chi connectivity index (χ2v) is 10.6. The van der Waals surface area contributed by atoms with Crippen molar-refractivity contribution >= 4 is 20.0 Å². The fraction of sp³-hybridized carbons (Fsp3) is 0.571. The lowest BCUT2D eigenvalue weighted by Crippen LogP contribution is -2.52. The molecule has 1 aliphatic carbocycles. The van der Waals surface area contributed by atoms with Gasteiger partial charge in [0.25, 0.3) is 0 Å². The predicted molar refractivity (Wildman–Crippen MR) is 83.3 cm³/mol. The molecule has 2 aliphatic rings. The molecule has 0 atom stereocenters. The zero-order valence-electron chi connectivity index (χ0n) is 12.8. The van der Waals surface area contributed by atoms with Gasteiger partial charge in [0, 0.05) is 26.2 Å². The molecule has 2 fully saturated rings. The third kappa shape index (κ3) is 2.90. The lowest BCUT2D eigenvalue weighted by atomic mass is 10.4. The quantitative estimate of drug-likeness (QED) is 0.801. The van der Waals surface area contributed by atoms with Gasteiger partial charge in [-0.05, 0) is 44.0 Å². The number of hydrogen-bond donors (Lipinski definition) is 0. The van der Waals surface area contributed by atoms with Crippen molar-refractivity contribution in [2.45, 2.75) is 29.4 Å². The Morgan fingerprint density at radius 1 is 0.913 bits per heavy atom. The van der Waals surface area contributed by atoms with E-state index < -0.39 is 30.6 Å². The molecule has 1 aromatic carbocycles. The average molecular weight is 362 g/mol. The molecule has 0 amide bonds. The first-order valence-corrected chi connectivity index (χ1v) is 10.3. The van der Waals surface area contributed by atoms with Gasteiger partial charge in [0.1, 0.15) is 5.82 Å². The Balaban J connectivity index is 1.73. The molecule has 23 heavy (non-hydrogen) atoms. The first-order chi connectivity index (χ1) is 10.7. The van der Waals surface area contributed by atoms with Crippen molar-refractivity contribution < 1.29 is 21.2 Å². The highest BCUT2D eigenvalue weighted by Gasteiger charge is 2.53. The summed E-state index contributed by atoms with van der Waals surface area (Å²) in [5.74, 6) is -0.502. The van der Waals surface area contributed by atoms with Crippen molar-refractivity contribution in [2.75, 3.05) is 26.2 Å². The molecule has 0 N–H and O–H groups in total. The van der Waals surface area contributed by atoms with Crippen LogP contribution in [0.2, 0.25) is 0 Å². The molecule has 1 heterocycles. The lowest BCUT2D eigenvalue weighted by molar-refractivity contribution is 0.270. The first kappa shape index (κ1) is 16.8. The van der Waals surface area contributed by atoms with E-state index in [0.29, 0.717) is 12.8 Å². The average Bonchev–Trinajstić information content (AvgIpc) is 3.27. The molecule has 3 rings (SSSR count). The van der Waals surface area contributed by atoms with E-state index in [2.05, 4.69) is 0 Å². The van der Waals surface area contributed by atoms with Gasteiger partial charge in [0.15, 0.2) is 0 Å². The maximum Gasteiger partial charge on any atom is 0.243 e. The molecular weight excluding hydrogens is 343 g/mol. The molecule has 0 bridgehead atoms. The van der Waals surface area contributed by atoms with Gasteiger partial charge in [-0.2, -0.15) is 8.61 Å². The molecule has 0 spiro atoms. The molecule has 9 heteroatoms. The third-order valence-corrected chi connectivity index (χ3v) is 9.18. The summed E-state index contributed by atoms with van der Waals surface area (Å²) in [5, 5.41) is 0. The van der Waals surface area contributed by atoms with Crippen molar-refractivity contribution in [2.24, 2.45) is 0 Å². The predicted octanol–water partition coefficient (Wildman–Crippen LogP) is 1.01. The SMILES string of the molecule is CC1(S(=O)(=O)N2CCN(S(=O)(=O)c3ccc(F)cc3)CC2)CC1. The van der Waals surface area contributed by atoms with Crippen molar-refractivity contribution in [1.29, 1.82) is 0 Å². The maximum absolute atomic E-state index is 12.9. The topological polar surface area (TPSA) is 74.8 Å². The van der Waals surface area contributed by atoms with E-state index in [1.807, 2.05) is 0 Å². The molecule has 1 aliphatic heterocycles. The van der Waals surface area contributed by atoms with Gasteiger partial charge in [-0.15, -0.1) is 0 Å². The summed E-state index contributed by atoms with van der Waals surface area (Å²) in [5.41, 5.74) is 0. The van der Waals surface area contributed by atoms with Gasteiger partial charge >= 0.3 is 0 Å². The van der Waals surface area contributed by atoms with Crippen LogP contribution in [0, 0.1) is 5.82 Å². The van der Waals surface area contributed by atoms with Crippen LogP contribution in [0.15, 0.2) is 29.2 Å². The number of halogens is 1. The Labute approximate surface area is 136 Å². The van der Waals surface area contributed by atoms with Gasteiger partial charge < -0.3 is 0 Å². The Morgan fingerprint density at radius 3 is 1.87 bits per heavy atom. The highest BCUT2D eigenvalue weighted by atomic mass is 32.2. The number of sulfonamides is 2. The van der Waals surface area contributed by atoms with Crippen molar-refractivity contribution in [1.82, 2.24) is 8.61 Å². The summed E-state index contributed by atoms with van der Waals surface area (Å²) in [6.45, 7) is 2.24. The first-order valence-electron chi connectivity index (χ1n) is 7.42. The highest BCUT2D eigenvalue weighted by Crippen LogP contribution is 2.44. The summed E-state index contributed by atoms with van der Waals surface area (Å²) < 4.78 is 64.8. The number of piperazine rings is 1. The summed E-state index contributed by atoms with van der Waals surface area (Å²) in [6.07, 6.45) is 1.31. The monoisotopic (exact) mass is 362 g/mol. The van der Waals surface area contributed by atoms with Crippen LogP contribution < -0.4 is 0 Å². The maximum atomic E-state index is 12.9. The largest absolute Gasteiger partial charge is 0.243 e. The number of rotatable bonds is 4. The van der Waals surface area contributed by atoms with Gasteiger partial charge in [-0.1, -0.05) is 0 Å². The fourth-order valence-electron chi connectivity index (χ4n) is 2.65. The summed E-state index contributed by atoms with van der Waals surface area (Å²) in [7, 11) is -7.09. The lowest BCUT2D eigenvalue weighted by Gasteiger charge is -2.34. The van der Waals surface area contributed by atoms with Crippen LogP contribution in [0.1, 0.15) is 19.8 Å². The van der Waals surface area contributed by atoms with Crippen molar-refractivity contribution in [3.8, 4) is 0 Å². The van der Waals surface area contributed by atoms with Crippen LogP contribution in [0.3, 0.4) is 0 Å². The molecule has 0 unspecified atom stereocenters. The Kier molecular flexibility index (Phi) is 4.03. The normalized spacial score (nSPS) is 22.9. The Bertz CT molecular complexity index is 794. The Morgan fingerprint density at radius 2 is 1.39 bits per heavy atom. The van der Waals surface area contributed by atoms with E-state index in [0.717, 1.165) is 12.1 Å². The van der Waals surface area contributed by atoms with Crippen LogP contribution >= 0.6 is 0 Å². The van der Waals surface area contributed by atoms with Crippen LogP contribution in [0.5, 0.6) is 0 Å². The smallest absolute Gasteiger partial charge is 0.212 e. The second-order valence-electron chi connectivity index (χ2n) is 6.21. The molecule has 6 nitrogen and oxygen atoms in total. The molecule has 0 aromatic heterocycles. The third-order valence-electron chi connectivity index (χ3n) is 4.57.